The van der Waals surface area contributed by atoms with Gasteiger partial charge in [-0.15, -0.1) is 0 Å². The number of hydrogen-bond donors (Lipinski definition) is 0. The first kappa shape index (κ1) is 25.8. The van der Waals surface area contributed by atoms with Crippen molar-refractivity contribution in [2.45, 2.75) is 69.9 Å². The summed E-state index contributed by atoms with van der Waals surface area (Å²) in [5.41, 5.74) is 2.49. The molecule has 6 fully saturated rings. The van der Waals surface area contributed by atoms with Crippen LogP contribution in [0.15, 0.2) is 24.3 Å². The highest BCUT2D eigenvalue weighted by molar-refractivity contribution is 6.86. The Bertz CT molecular complexity index is 1310. The highest BCUT2D eigenvalue weighted by Crippen LogP contribution is 2.66. The van der Waals surface area contributed by atoms with Gasteiger partial charge in [-0.1, -0.05) is 12.1 Å². The summed E-state index contributed by atoms with van der Waals surface area (Å²) in [6.45, 7) is 11.3. The maximum atomic E-state index is 13.8. The van der Waals surface area contributed by atoms with Gasteiger partial charge in [-0.05, 0) is 111 Å². The van der Waals surface area contributed by atoms with Crippen LogP contribution in [0.25, 0.3) is 0 Å². The van der Waals surface area contributed by atoms with Gasteiger partial charge in [-0.2, -0.15) is 0 Å². The fourth-order valence-corrected chi connectivity index (χ4v) is 21.6. The molecule has 2 heterocycles. The molecule has 0 aromatic heterocycles. The number of carbonyl (C=O) groups excluding carboxylic acids is 4. The largest absolute Gasteiger partial charge is 0.455 e. The first-order valence-electron chi connectivity index (χ1n) is 14.8. The van der Waals surface area contributed by atoms with Crippen LogP contribution >= 0.6 is 0 Å². The van der Waals surface area contributed by atoms with E-state index < -0.39 is 16.6 Å². The molecular weight excluding hydrogens is 525 g/mol. The molecule has 0 spiro atoms. The summed E-state index contributed by atoms with van der Waals surface area (Å²) in [6, 6.07) is 7.71. The lowest BCUT2D eigenvalue weighted by atomic mass is 9.81. The van der Waals surface area contributed by atoms with Crippen molar-refractivity contribution in [1.82, 2.24) is 4.90 Å². The van der Waals surface area contributed by atoms with Crippen molar-refractivity contribution in [2.24, 2.45) is 47.3 Å². The number of aryl methyl sites for hydroxylation is 1. The Morgan fingerprint density at radius 1 is 0.718 bits per heavy atom. The highest BCUT2D eigenvalue weighted by Gasteiger charge is 2.69. The molecule has 7 nitrogen and oxygen atoms in total. The summed E-state index contributed by atoms with van der Waals surface area (Å²) in [6.07, 6.45) is 3.93. The molecule has 1 aromatic rings. The number of nitrogens with zero attached hydrogens (tertiary/aromatic N) is 2. The fourth-order valence-electron chi connectivity index (χ4n) is 10.5. The molecule has 0 N–H and O–H groups in total. The number of imide groups is 2. The number of fused-ring (bicyclic) bond motifs is 10. The van der Waals surface area contributed by atoms with Crippen molar-refractivity contribution in [3.8, 4) is 0 Å². The van der Waals surface area contributed by atoms with Crippen LogP contribution in [0.2, 0.25) is 37.3 Å². The zero-order chi connectivity index (χ0) is 27.8. The van der Waals surface area contributed by atoms with Crippen LogP contribution in [0.1, 0.15) is 31.2 Å². The van der Waals surface area contributed by atoms with Crippen LogP contribution < -0.4 is 4.90 Å². The second kappa shape index (κ2) is 8.22. The van der Waals surface area contributed by atoms with E-state index in [1.165, 1.54) is 9.80 Å². The summed E-state index contributed by atoms with van der Waals surface area (Å²) in [5.74, 6) is 0.412. The van der Waals surface area contributed by atoms with E-state index in [0.29, 0.717) is 22.7 Å². The van der Waals surface area contributed by atoms with Crippen LogP contribution in [0.3, 0.4) is 0 Å². The molecule has 39 heavy (non-hydrogen) atoms. The van der Waals surface area contributed by atoms with E-state index in [1.807, 2.05) is 31.2 Å². The summed E-state index contributed by atoms with van der Waals surface area (Å²) in [5, 5.41) is 0. The molecule has 4 aliphatic carbocycles. The minimum atomic E-state index is -2.24. The van der Waals surface area contributed by atoms with Gasteiger partial charge in [-0.25, -0.2) is 0 Å². The van der Waals surface area contributed by atoms with Crippen molar-refractivity contribution >= 4 is 46.0 Å². The van der Waals surface area contributed by atoms with Gasteiger partial charge < -0.3 is 4.12 Å². The van der Waals surface area contributed by atoms with Crippen LogP contribution in [-0.4, -0.2) is 52.2 Å². The Hall–Kier alpha value is -2.11. The van der Waals surface area contributed by atoms with Crippen molar-refractivity contribution in [1.29, 1.82) is 0 Å². The first-order valence-corrected chi connectivity index (χ1v) is 20.7. The number of likely N-dealkylation sites (tertiary alicyclic amines) is 1. The zero-order valence-electron chi connectivity index (χ0n) is 23.8. The van der Waals surface area contributed by atoms with E-state index in [4.69, 9.17) is 4.12 Å². The Balaban J connectivity index is 1.10. The second-order valence-electron chi connectivity index (χ2n) is 14.5. The Labute approximate surface area is 232 Å². The molecule has 9 heteroatoms. The minimum absolute atomic E-state index is 0.00562. The predicted octanol–water partition coefficient (Wildman–Crippen LogP) is 4.58. The Kier molecular flexibility index (Phi) is 5.45. The van der Waals surface area contributed by atoms with Gasteiger partial charge in [0, 0.05) is 7.05 Å². The van der Waals surface area contributed by atoms with Crippen molar-refractivity contribution in [2.75, 3.05) is 11.9 Å². The number of amides is 4. The second-order valence-corrected chi connectivity index (χ2v) is 23.2. The number of rotatable bonds is 5. The van der Waals surface area contributed by atoms with E-state index in [0.717, 1.165) is 31.2 Å². The predicted molar refractivity (Wildman–Crippen MR) is 151 cm³/mol. The third kappa shape index (κ3) is 3.41. The van der Waals surface area contributed by atoms with Gasteiger partial charge in [0.25, 0.3) is 0 Å². The summed E-state index contributed by atoms with van der Waals surface area (Å²) < 4.78 is 7.33. The van der Waals surface area contributed by atoms with E-state index in [2.05, 4.69) is 26.2 Å². The van der Waals surface area contributed by atoms with E-state index in [9.17, 15) is 19.2 Å². The Morgan fingerprint density at radius 2 is 1.21 bits per heavy atom. The number of benzene rings is 1. The minimum Gasteiger partial charge on any atom is -0.455 e. The fraction of sp³-hybridized carbons (Fsp3) is 0.667. The smallest absolute Gasteiger partial charge is 0.237 e. The summed E-state index contributed by atoms with van der Waals surface area (Å²) >= 11 is 0. The molecule has 7 rings (SSSR count). The molecule has 2 aliphatic heterocycles. The molecule has 4 amide bonds. The van der Waals surface area contributed by atoms with Crippen LogP contribution in [0.5, 0.6) is 0 Å². The van der Waals surface area contributed by atoms with Gasteiger partial charge in [0.2, 0.25) is 23.6 Å². The number of carbonyl (C=O) groups is 4. The van der Waals surface area contributed by atoms with Crippen molar-refractivity contribution in [3.63, 3.8) is 0 Å². The molecule has 0 radical (unpaired) electrons. The van der Waals surface area contributed by atoms with Gasteiger partial charge >= 0.3 is 0 Å². The van der Waals surface area contributed by atoms with Crippen LogP contribution in [0.4, 0.5) is 5.69 Å². The molecule has 6 aliphatic rings. The normalized spacial score (nSPS) is 40.9. The van der Waals surface area contributed by atoms with E-state index in [-0.39, 0.29) is 65.1 Å². The lowest BCUT2D eigenvalue weighted by molar-refractivity contribution is -0.139. The van der Waals surface area contributed by atoms with E-state index in [1.54, 1.807) is 7.05 Å². The number of anilines is 1. The quantitative estimate of drug-likeness (QED) is 0.386. The molecule has 4 bridgehead atoms. The van der Waals surface area contributed by atoms with Gasteiger partial charge in [0.15, 0.2) is 16.6 Å². The third-order valence-electron chi connectivity index (χ3n) is 11.8. The van der Waals surface area contributed by atoms with Gasteiger partial charge in [0.05, 0.1) is 29.4 Å². The monoisotopic (exact) mass is 564 g/mol. The summed E-state index contributed by atoms with van der Waals surface area (Å²) in [4.78, 5) is 55.8. The average molecular weight is 565 g/mol. The molecule has 4 saturated carbocycles. The third-order valence-corrected chi connectivity index (χ3v) is 20.9. The first-order chi connectivity index (χ1) is 18.3. The molecule has 10 atom stereocenters. The maximum Gasteiger partial charge on any atom is 0.237 e. The number of hydrogen-bond acceptors (Lipinski definition) is 5. The lowest BCUT2D eigenvalue weighted by Gasteiger charge is -2.46. The maximum absolute atomic E-state index is 13.8. The molecular formula is C30H40N2O5Si2. The topological polar surface area (TPSA) is 84.0 Å². The molecule has 1 aromatic carbocycles. The van der Waals surface area contributed by atoms with Crippen LogP contribution in [0, 0.1) is 54.3 Å². The van der Waals surface area contributed by atoms with Crippen molar-refractivity contribution < 1.29 is 23.3 Å². The highest BCUT2D eigenvalue weighted by atomic mass is 28.4. The standard InChI is InChI=1S/C30H40N2O5Si2/c1-15-8-7-9-18(10-15)32-29(35)24-17-12-20(26(24)30(32)36)22(14-17)39(5,6)37-38(3,4)21-13-16-11-19(21)25-23(16)27(33)31(2)28(25)34/h7-10,16-17,19-26H,11-14H2,1-6H3. The van der Waals surface area contributed by atoms with Gasteiger partial charge in [0.1, 0.15) is 0 Å². The average Bonchev–Trinajstić information content (AvgIpc) is 3.68. The SMILES string of the molecule is Cc1cccc(N2C(=O)C3C4CC(C3C2=O)C([Si](C)(C)O[Si](C)(C)C2CC3CC2C2C(=O)N(C)C(=O)C32)C4)c1. The van der Waals surface area contributed by atoms with E-state index >= 15 is 0 Å². The molecule has 2 saturated heterocycles. The zero-order valence-corrected chi connectivity index (χ0v) is 25.8. The summed E-state index contributed by atoms with van der Waals surface area (Å²) in [7, 11) is -2.80. The van der Waals surface area contributed by atoms with Gasteiger partial charge in [-0.3, -0.25) is 29.0 Å². The molecule has 208 valence electrons. The van der Waals surface area contributed by atoms with Crippen molar-refractivity contribution in [3.05, 3.63) is 29.8 Å². The van der Waals surface area contributed by atoms with Crippen LogP contribution in [-0.2, 0) is 23.3 Å². The molecule has 10 unspecified atom stereocenters. The Morgan fingerprint density at radius 3 is 1.77 bits per heavy atom. The lowest BCUT2D eigenvalue weighted by Crippen LogP contribution is -2.53.